The molecule has 4 nitrogen and oxygen atoms in total. The maximum absolute atomic E-state index is 11.5. The van der Waals surface area contributed by atoms with E-state index in [4.69, 9.17) is 5.11 Å². The molecular weight excluding hydrogens is 226 g/mol. The molecule has 1 atom stereocenters. The van der Waals surface area contributed by atoms with Gasteiger partial charge in [0.2, 0.25) is 5.91 Å². The van der Waals surface area contributed by atoms with Crippen molar-refractivity contribution in [1.82, 2.24) is 5.32 Å². The summed E-state index contributed by atoms with van der Waals surface area (Å²) in [6.45, 7) is 2.07. The normalized spacial score (nSPS) is 16.8. The van der Waals surface area contributed by atoms with E-state index in [0.717, 1.165) is 25.0 Å². The molecule has 0 bridgehead atoms. The molecule has 92 valence electrons. The van der Waals surface area contributed by atoms with Crippen molar-refractivity contribution < 1.29 is 14.7 Å². The van der Waals surface area contributed by atoms with E-state index in [9.17, 15) is 9.59 Å². The fraction of sp³-hybridized carbons (Fsp3) is 0.818. The summed E-state index contributed by atoms with van der Waals surface area (Å²) in [5.74, 6) is 0.933. The maximum atomic E-state index is 11.5. The number of nitrogens with one attached hydrogen (secondary N) is 1. The molecule has 1 amide bonds. The van der Waals surface area contributed by atoms with Gasteiger partial charge in [-0.05, 0) is 30.9 Å². The van der Waals surface area contributed by atoms with Crippen LogP contribution in [0.1, 0.15) is 32.6 Å². The number of hydrogen-bond acceptors (Lipinski definition) is 3. The van der Waals surface area contributed by atoms with E-state index in [1.54, 1.807) is 11.8 Å². The first-order valence-electron chi connectivity index (χ1n) is 5.72. The Kier molecular flexibility index (Phi) is 5.66. The molecular formula is C11H19NO3S. The zero-order valence-corrected chi connectivity index (χ0v) is 10.4. The lowest BCUT2D eigenvalue weighted by Gasteiger charge is -2.15. The number of carbonyl (C=O) groups is 2. The first-order chi connectivity index (χ1) is 7.63. The van der Waals surface area contributed by atoms with Crippen LogP contribution < -0.4 is 5.32 Å². The molecule has 2 N–H and O–H groups in total. The predicted molar refractivity (Wildman–Crippen MR) is 64.5 cm³/mol. The summed E-state index contributed by atoms with van der Waals surface area (Å²) >= 11 is 1.59. The summed E-state index contributed by atoms with van der Waals surface area (Å²) in [5.41, 5.74) is 0. The Bertz CT molecular complexity index is 254. The van der Waals surface area contributed by atoms with Gasteiger partial charge >= 0.3 is 5.97 Å². The fourth-order valence-electron chi connectivity index (χ4n) is 1.58. The van der Waals surface area contributed by atoms with Gasteiger partial charge in [0, 0.05) is 6.04 Å². The Morgan fingerprint density at radius 3 is 2.69 bits per heavy atom. The first kappa shape index (κ1) is 13.4. The van der Waals surface area contributed by atoms with Crippen LogP contribution in [0.5, 0.6) is 0 Å². The van der Waals surface area contributed by atoms with Crippen LogP contribution >= 0.6 is 11.8 Å². The number of carboxylic acid groups (broad SMARTS) is 1. The minimum Gasteiger partial charge on any atom is -0.481 e. The second-order valence-corrected chi connectivity index (χ2v) is 5.27. The topological polar surface area (TPSA) is 66.4 Å². The molecule has 0 aliphatic heterocycles. The molecule has 1 aliphatic rings. The Morgan fingerprint density at radius 1 is 1.50 bits per heavy atom. The lowest BCUT2D eigenvalue weighted by atomic mass is 10.1. The highest BCUT2D eigenvalue weighted by atomic mass is 32.2. The van der Waals surface area contributed by atoms with Crippen molar-refractivity contribution in [3.8, 4) is 0 Å². The van der Waals surface area contributed by atoms with Crippen LogP contribution in [0.25, 0.3) is 0 Å². The summed E-state index contributed by atoms with van der Waals surface area (Å²) in [7, 11) is 0. The van der Waals surface area contributed by atoms with Gasteiger partial charge in [-0.25, -0.2) is 0 Å². The second kappa shape index (κ2) is 6.78. The Labute approximate surface area is 100 Å². The van der Waals surface area contributed by atoms with Gasteiger partial charge in [-0.3, -0.25) is 9.59 Å². The zero-order chi connectivity index (χ0) is 12.0. The van der Waals surface area contributed by atoms with Gasteiger partial charge in [0.1, 0.15) is 0 Å². The highest BCUT2D eigenvalue weighted by molar-refractivity contribution is 7.99. The SMILES string of the molecule is CCCSCC(=O)NC(CC(=O)O)C1CC1. The molecule has 1 saturated carbocycles. The number of thioether (sulfide) groups is 1. The zero-order valence-electron chi connectivity index (χ0n) is 9.57. The minimum atomic E-state index is -0.835. The van der Waals surface area contributed by atoms with Crippen molar-refractivity contribution in [1.29, 1.82) is 0 Å². The third kappa shape index (κ3) is 5.39. The van der Waals surface area contributed by atoms with Gasteiger partial charge in [0.15, 0.2) is 0 Å². The van der Waals surface area contributed by atoms with Crippen molar-refractivity contribution in [2.75, 3.05) is 11.5 Å². The van der Waals surface area contributed by atoms with E-state index in [-0.39, 0.29) is 18.4 Å². The monoisotopic (exact) mass is 245 g/mol. The number of hydrogen-bond donors (Lipinski definition) is 2. The molecule has 0 aromatic carbocycles. The van der Waals surface area contributed by atoms with E-state index in [1.165, 1.54) is 0 Å². The van der Waals surface area contributed by atoms with Crippen LogP contribution in [-0.2, 0) is 9.59 Å². The molecule has 0 saturated heterocycles. The number of rotatable bonds is 8. The largest absolute Gasteiger partial charge is 0.481 e. The summed E-state index contributed by atoms with van der Waals surface area (Å²) in [5, 5.41) is 11.6. The molecule has 16 heavy (non-hydrogen) atoms. The molecule has 0 aromatic rings. The number of carbonyl (C=O) groups excluding carboxylic acids is 1. The van der Waals surface area contributed by atoms with Gasteiger partial charge in [0.05, 0.1) is 12.2 Å². The summed E-state index contributed by atoms with van der Waals surface area (Å²) < 4.78 is 0. The lowest BCUT2D eigenvalue weighted by Crippen LogP contribution is -2.39. The molecule has 1 aliphatic carbocycles. The number of aliphatic carboxylic acids is 1. The molecule has 0 aromatic heterocycles. The van der Waals surface area contributed by atoms with Gasteiger partial charge in [-0.15, -0.1) is 0 Å². The Morgan fingerprint density at radius 2 is 2.19 bits per heavy atom. The van der Waals surface area contributed by atoms with Crippen LogP contribution in [-0.4, -0.2) is 34.5 Å². The van der Waals surface area contributed by atoms with E-state index in [0.29, 0.717) is 11.7 Å². The third-order valence-electron chi connectivity index (χ3n) is 2.51. The van der Waals surface area contributed by atoms with Gasteiger partial charge < -0.3 is 10.4 Å². The van der Waals surface area contributed by atoms with Crippen molar-refractivity contribution in [3.63, 3.8) is 0 Å². The molecule has 0 spiro atoms. The maximum Gasteiger partial charge on any atom is 0.305 e. The summed E-state index contributed by atoms with van der Waals surface area (Å²) in [4.78, 5) is 22.1. The van der Waals surface area contributed by atoms with Gasteiger partial charge in [-0.2, -0.15) is 11.8 Å². The smallest absolute Gasteiger partial charge is 0.305 e. The third-order valence-corrected chi connectivity index (χ3v) is 3.68. The average Bonchev–Trinajstić information content (AvgIpc) is 2.99. The van der Waals surface area contributed by atoms with Crippen LogP contribution in [0.2, 0.25) is 0 Å². The van der Waals surface area contributed by atoms with Crippen molar-refractivity contribution >= 4 is 23.6 Å². The Hall–Kier alpha value is -0.710. The van der Waals surface area contributed by atoms with Crippen LogP contribution in [0.15, 0.2) is 0 Å². The van der Waals surface area contributed by atoms with E-state index in [1.807, 2.05) is 0 Å². The van der Waals surface area contributed by atoms with E-state index >= 15 is 0 Å². The lowest BCUT2D eigenvalue weighted by molar-refractivity contribution is -0.137. The van der Waals surface area contributed by atoms with E-state index in [2.05, 4.69) is 12.2 Å². The Balaban J connectivity index is 2.24. The molecule has 1 rings (SSSR count). The van der Waals surface area contributed by atoms with Crippen LogP contribution in [0.3, 0.4) is 0 Å². The molecule has 0 heterocycles. The molecule has 1 fully saturated rings. The molecule has 1 unspecified atom stereocenters. The van der Waals surface area contributed by atoms with Crippen molar-refractivity contribution in [2.24, 2.45) is 5.92 Å². The average molecular weight is 245 g/mol. The summed E-state index contributed by atoms with van der Waals surface area (Å²) in [6.07, 6.45) is 3.19. The highest BCUT2D eigenvalue weighted by Gasteiger charge is 2.33. The van der Waals surface area contributed by atoms with E-state index < -0.39 is 5.97 Å². The fourth-order valence-corrected chi connectivity index (χ4v) is 2.28. The minimum absolute atomic E-state index is 0.0309. The first-order valence-corrected chi connectivity index (χ1v) is 6.87. The van der Waals surface area contributed by atoms with Gasteiger partial charge in [-0.1, -0.05) is 6.92 Å². The van der Waals surface area contributed by atoms with Crippen molar-refractivity contribution in [2.45, 2.75) is 38.6 Å². The number of carboxylic acids is 1. The quantitative estimate of drug-likeness (QED) is 0.636. The molecule has 0 radical (unpaired) electrons. The highest BCUT2D eigenvalue weighted by Crippen LogP contribution is 2.34. The predicted octanol–water partition coefficient (Wildman–Crippen LogP) is 1.50. The summed E-state index contributed by atoms with van der Waals surface area (Å²) in [6, 6.07) is -0.160. The van der Waals surface area contributed by atoms with Crippen LogP contribution in [0, 0.1) is 5.92 Å². The molecule has 5 heteroatoms. The van der Waals surface area contributed by atoms with Crippen LogP contribution in [0.4, 0.5) is 0 Å². The van der Waals surface area contributed by atoms with Crippen molar-refractivity contribution in [3.05, 3.63) is 0 Å². The second-order valence-electron chi connectivity index (χ2n) is 4.16. The van der Waals surface area contributed by atoms with Gasteiger partial charge in [0.25, 0.3) is 0 Å². The number of amides is 1. The standard InChI is InChI=1S/C11H19NO3S/c1-2-5-16-7-10(13)12-9(6-11(14)15)8-3-4-8/h8-9H,2-7H2,1H3,(H,12,13)(H,14,15).